The molecule has 0 aromatic heterocycles. The van der Waals surface area contributed by atoms with Crippen molar-refractivity contribution in [1.82, 2.24) is 5.32 Å². The summed E-state index contributed by atoms with van der Waals surface area (Å²) in [6.45, 7) is 3.00. The van der Waals surface area contributed by atoms with E-state index in [4.69, 9.17) is 4.74 Å². The molecule has 88 valence electrons. The van der Waals surface area contributed by atoms with E-state index in [2.05, 4.69) is 21.2 Å². The maximum atomic E-state index is 10.8. The molecular weight excluding hydrogens is 270 g/mol. The van der Waals surface area contributed by atoms with Gasteiger partial charge in [-0.2, -0.15) is 0 Å². The number of rotatable bonds is 6. The lowest BCUT2D eigenvalue weighted by Crippen LogP contribution is -2.17. The van der Waals surface area contributed by atoms with Crippen LogP contribution in [0.3, 0.4) is 0 Å². The number of ketones is 1. The summed E-state index contributed by atoms with van der Waals surface area (Å²) < 4.78 is 6.28. The van der Waals surface area contributed by atoms with Crippen LogP contribution in [0.2, 0.25) is 0 Å². The van der Waals surface area contributed by atoms with E-state index in [9.17, 15) is 4.79 Å². The SMILES string of the molecule is COc1ccc(Br)cc1CNCCC(C)=O. The van der Waals surface area contributed by atoms with E-state index in [1.807, 2.05) is 18.2 Å². The maximum Gasteiger partial charge on any atom is 0.131 e. The second kappa shape index (κ2) is 6.66. The summed E-state index contributed by atoms with van der Waals surface area (Å²) in [6, 6.07) is 5.88. The molecule has 3 nitrogen and oxygen atoms in total. The van der Waals surface area contributed by atoms with Crippen LogP contribution < -0.4 is 10.1 Å². The second-order valence-corrected chi connectivity index (χ2v) is 4.50. The molecule has 0 saturated heterocycles. The van der Waals surface area contributed by atoms with Gasteiger partial charge in [0.05, 0.1) is 7.11 Å². The normalized spacial score (nSPS) is 10.2. The number of hydrogen-bond acceptors (Lipinski definition) is 3. The molecule has 0 spiro atoms. The van der Waals surface area contributed by atoms with Crippen molar-refractivity contribution in [3.05, 3.63) is 28.2 Å². The molecule has 1 aromatic rings. The Hall–Kier alpha value is -0.870. The molecule has 0 fully saturated rings. The van der Waals surface area contributed by atoms with E-state index in [0.29, 0.717) is 19.5 Å². The Kier molecular flexibility index (Phi) is 5.49. The van der Waals surface area contributed by atoms with Crippen molar-refractivity contribution >= 4 is 21.7 Å². The van der Waals surface area contributed by atoms with Crippen molar-refractivity contribution in [1.29, 1.82) is 0 Å². The fourth-order valence-corrected chi connectivity index (χ4v) is 1.78. The highest BCUT2D eigenvalue weighted by Crippen LogP contribution is 2.22. The maximum absolute atomic E-state index is 10.8. The third kappa shape index (κ3) is 4.33. The van der Waals surface area contributed by atoms with Crippen LogP contribution in [0.25, 0.3) is 0 Å². The van der Waals surface area contributed by atoms with Crippen molar-refractivity contribution in [3.8, 4) is 5.75 Å². The van der Waals surface area contributed by atoms with E-state index in [1.165, 1.54) is 0 Å². The number of Topliss-reactive ketones (excluding diaryl/α,β-unsaturated/α-hetero) is 1. The number of hydrogen-bond donors (Lipinski definition) is 1. The lowest BCUT2D eigenvalue weighted by atomic mass is 10.2. The molecule has 4 heteroatoms. The van der Waals surface area contributed by atoms with E-state index in [1.54, 1.807) is 14.0 Å². The molecule has 0 amide bonds. The van der Waals surface area contributed by atoms with Crippen LogP contribution in [0.5, 0.6) is 5.75 Å². The molecule has 0 atom stereocenters. The van der Waals surface area contributed by atoms with E-state index < -0.39 is 0 Å². The minimum atomic E-state index is 0.203. The second-order valence-electron chi connectivity index (χ2n) is 3.58. The summed E-state index contributed by atoms with van der Waals surface area (Å²) in [6.07, 6.45) is 0.566. The number of halogens is 1. The molecule has 0 unspecified atom stereocenters. The molecule has 1 rings (SSSR count). The molecule has 0 radical (unpaired) electrons. The van der Waals surface area contributed by atoms with Crippen molar-refractivity contribution < 1.29 is 9.53 Å². The summed E-state index contributed by atoms with van der Waals surface area (Å²) in [5, 5.41) is 3.21. The van der Waals surface area contributed by atoms with Gasteiger partial charge < -0.3 is 10.1 Å². The molecular formula is C12H16BrNO2. The molecule has 1 aromatic carbocycles. The Morgan fingerprint density at radius 1 is 1.50 bits per heavy atom. The highest BCUT2D eigenvalue weighted by molar-refractivity contribution is 9.10. The standard InChI is InChI=1S/C12H16BrNO2/c1-9(15)5-6-14-8-10-7-11(13)3-4-12(10)16-2/h3-4,7,14H,5-6,8H2,1-2H3. The number of ether oxygens (including phenoxy) is 1. The molecule has 1 N–H and O–H groups in total. The molecule has 0 aliphatic heterocycles. The Bertz CT molecular complexity index is 366. The van der Waals surface area contributed by atoms with Crippen molar-refractivity contribution in [2.75, 3.05) is 13.7 Å². The molecule has 0 saturated carbocycles. The van der Waals surface area contributed by atoms with Gasteiger partial charge in [-0.1, -0.05) is 15.9 Å². The Labute approximate surface area is 104 Å². The monoisotopic (exact) mass is 285 g/mol. The van der Waals surface area contributed by atoms with Gasteiger partial charge in [0, 0.05) is 29.5 Å². The summed E-state index contributed by atoms with van der Waals surface area (Å²) in [7, 11) is 1.66. The Balaban J connectivity index is 2.51. The first-order chi connectivity index (χ1) is 7.63. The molecule has 0 heterocycles. The molecule has 0 bridgehead atoms. The van der Waals surface area contributed by atoms with Gasteiger partial charge >= 0.3 is 0 Å². The summed E-state index contributed by atoms with van der Waals surface area (Å²) in [5.74, 6) is 1.06. The fraction of sp³-hybridized carbons (Fsp3) is 0.417. The number of carbonyl (C=O) groups is 1. The summed E-state index contributed by atoms with van der Waals surface area (Å²) in [4.78, 5) is 10.8. The third-order valence-corrected chi connectivity index (χ3v) is 2.70. The molecule has 0 aliphatic rings. The number of carbonyl (C=O) groups excluding carboxylic acids is 1. The Morgan fingerprint density at radius 2 is 2.25 bits per heavy atom. The molecule has 16 heavy (non-hydrogen) atoms. The zero-order valence-corrected chi connectivity index (χ0v) is 11.1. The summed E-state index contributed by atoms with van der Waals surface area (Å²) in [5.41, 5.74) is 1.08. The Morgan fingerprint density at radius 3 is 2.88 bits per heavy atom. The quantitative estimate of drug-likeness (QED) is 0.817. The fourth-order valence-electron chi connectivity index (χ4n) is 1.37. The van der Waals surface area contributed by atoms with Crippen LogP contribution in [0.15, 0.2) is 22.7 Å². The van der Waals surface area contributed by atoms with Gasteiger partial charge in [0.1, 0.15) is 11.5 Å². The first-order valence-corrected chi connectivity index (χ1v) is 5.95. The van der Waals surface area contributed by atoms with E-state index >= 15 is 0 Å². The van der Waals surface area contributed by atoms with Crippen LogP contribution >= 0.6 is 15.9 Å². The van der Waals surface area contributed by atoms with Crippen molar-refractivity contribution in [2.24, 2.45) is 0 Å². The van der Waals surface area contributed by atoms with Gasteiger partial charge in [0.15, 0.2) is 0 Å². The number of benzene rings is 1. The van der Waals surface area contributed by atoms with Gasteiger partial charge in [0.2, 0.25) is 0 Å². The van der Waals surface area contributed by atoms with E-state index in [0.717, 1.165) is 15.8 Å². The number of nitrogens with one attached hydrogen (secondary N) is 1. The number of methoxy groups -OCH3 is 1. The topological polar surface area (TPSA) is 38.3 Å². The van der Waals surface area contributed by atoms with Crippen LogP contribution in [0.4, 0.5) is 0 Å². The average Bonchev–Trinajstić information content (AvgIpc) is 2.24. The highest BCUT2D eigenvalue weighted by Gasteiger charge is 2.03. The van der Waals surface area contributed by atoms with Crippen LogP contribution in [-0.2, 0) is 11.3 Å². The van der Waals surface area contributed by atoms with Gasteiger partial charge in [-0.15, -0.1) is 0 Å². The average molecular weight is 286 g/mol. The predicted molar refractivity (Wildman–Crippen MR) is 67.7 cm³/mol. The lowest BCUT2D eigenvalue weighted by molar-refractivity contribution is -0.116. The first-order valence-electron chi connectivity index (χ1n) is 5.16. The van der Waals surface area contributed by atoms with Gasteiger partial charge in [-0.25, -0.2) is 0 Å². The van der Waals surface area contributed by atoms with Gasteiger partial charge in [0.25, 0.3) is 0 Å². The van der Waals surface area contributed by atoms with Gasteiger partial charge in [-0.05, 0) is 25.1 Å². The zero-order valence-electron chi connectivity index (χ0n) is 9.55. The first kappa shape index (κ1) is 13.2. The third-order valence-electron chi connectivity index (χ3n) is 2.21. The zero-order chi connectivity index (χ0) is 12.0. The van der Waals surface area contributed by atoms with Crippen LogP contribution in [0, 0.1) is 0 Å². The van der Waals surface area contributed by atoms with Crippen LogP contribution in [0.1, 0.15) is 18.9 Å². The lowest BCUT2D eigenvalue weighted by Gasteiger charge is -2.09. The minimum absolute atomic E-state index is 0.203. The summed E-state index contributed by atoms with van der Waals surface area (Å²) >= 11 is 3.42. The minimum Gasteiger partial charge on any atom is -0.496 e. The molecule has 0 aliphatic carbocycles. The van der Waals surface area contributed by atoms with Crippen molar-refractivity contribution in [2.45, 2.75) is 19.9 Å². The van der Waals surface area contributed by atoms with E-state index in [-0.39, 0.29) is 5.78 Å². The smallest absolute Gasteiger partial charge is 0.131 e. The largest absolute Gasteiger partial charge is 0.496 e. The van der Waals surface area contributed by atoms with Crippen molar-refractivity contribution in [3.63, 3.8) is 0 Å². The van der Waals surface area contributed by atoms with Crippen LogP contribution in [-0.4, -0.2) is 19.4 Å². The van der Waals surface area contributed by atoms with Gasteiger partial charge in [-0.3, -0.25) is 4.79 Å². The predicted octanol–water partition coefficient (Wildman–Crippen LogP) is 2.53. The highest BCUT2D eigenvalue weighted by atomic mass is 79.9.